The number of nitrogens with one attached hydrogen (secondary N) is 1. The number of rotatable bonds is 8. The van der Waals surface area contributed by atoms with Crippen molar-refractivity contribution in [2.24, 2.45) is 0 Å². The number of ether oxygens (including phenoxy) is 1. The molecule has 0 radical (unpaired) electrons. The zero-order valence-electron chi connectivity index (χ0n) is 13.6. The summed E-state index contributed by atoms with van der Waals surface area (Å²) in [6, 6.07) is 9.88. The van der Waals surface area contributed by atoms with Crippen LogP contribution >= 0.6 is 0 Å². The molecule has 0 spiro atoms. The highest BCUT2D eigenvalue weighted by Gasteiger charge is 2.08. The molecule has 4 nitrogen and oxygen atoms in total. The van der Waals surface area contributed by atoms with E-state index in [0.29, 0.717) is 13.0 Å². The van der Waals surface area contributed by atoms with Gasteiger partial charge in [0.2, 0.25) is 5.91 Å². The first-order chi connectivity index (χ1) is 10.6. The molecule has 0 atom stereocenters. The summed E-state index contributed by atoms with van der Waals surface area (Å²) in [5, 5.41) is 2.92. The van der Waals surface area contributed by atoms with Gasteiger partial charge in [-0.25, -0.2) is 0 Å². The summed E-state index contributed by atoms with van der Waals surface area (Å²) in [5.41, 5.74) is 2.79. The first-order valence-corrected chi connectivity index (χ1v) is 7.64. The van der Waals surface area contributed by atoms with Crippen molar-refractivity contribution in [3.63, 3.8) is 0 Å². The normalized spacial score (nSPS) is 11.6. The lowest BCUT2D eigenvalue weighted by Gasteiger charge is -2.09. The van der Waals surface area contributed by atoms with E-state index in [1.54, 1.807) is 0 Å². The van der Waals surface area contributed by atoms with Gasteiger partial charge in [-0.3, -0.25) is 9.59 Å². The van der Waals surface area contributed by atoms with E-state index in [0.717, 1.165) is 36.0 Å². The van der Waals surface area contributed by atoms with Crippen molar-refractivity contribution in [3.05, 3.63) is 41.5 Å². The molecule has 0 unspecified atom stereocenters. The number of carbonyl (C=O) groups excluding carboxylic acids is 2. The summed E-state index contributed by atoms with van der Waals surface area (Å²) in [6.45, 7) is 4.43. The Labute approximate surface area is 132 Å². The van der Waals surface area contributed by atoms with Crippen LogP contribution < -0.4 is 5.32 Å². The Morgan fingerprint density at radius 1 is 1.05 bits per heavy atom. The largest absolute Gasteiger partial charge is 0.469 e. The standard InChI is InChI=1S/C18H25NO3/c1-14(16-10-6-4-7-11-16)15(2)18(21)19-13-9-5-8-12-17(20)22-3/h4,6-7,10-11H,5,8-9,12-13H2,1-3H3,(H,19,21)/b15-14-. The number of allylic oxidation sites excluding steroid dienone is 1. The van der Waals surface area contributed by atoms with Gasteiger partial charge < -0.3 is 10.1 Å². The van der Waals surface area contributed by atoms with Gasteiger partial charge in [-0.05, 0) is 37.8 Å². The van der Waals surface area contributed by atoms with Crippen molar-refractivity contribution in [1.29, 1.82) is 0 Å². The zero-order chi connectivity index (χ0) is 16.4. The lowest BCUT2D eigenvalue weighted by molar-refractivity contribution is -0.140. The summed E-state index contributed by atoms with van der Waals surface area (Å²) >= 11 is 0. The fraction of sp³-hybridized carbons (Fsp3) is 0.444. The Balaban J connectivity index is 2.34. The van der Waals surface area contributed by atoms with Gasteiger partial charge in [0.25, 0.3) is 0 Å². The van der Waals surface area contributed by atoms with E-state index in [-0.39, 0.29) is 11.9 Å². The average molecular weight is 303 g/mol. The van der Waals surface area contributed by atoms with Crippen LogP contribution in [0.1, 0.15) is 45.1 Å². The minimum Gasteiger partial charge on any atom is -0.469 e. The number of unbranched alkanes of at least 4 members (excludes halogenated alkanes) is 2. The molecule has 0 saturated carbocycles. The average Bonchev–Trinajstić information content (AvgIpc) is 2.56. The molecule has 0 saturated heterocycles. The molecule has 4 heteroatoms. The van der Waals surface area contributed by atoms with Crippen LogP contribution in [0.4, 0.5) is 0 Å². The SMILES string of the molecule is COC(=O)CCCCCNC(=O)/C(C)=C(/C)c1ccccc1. The molecule has 22 heavy (non-hydrogen) atoms. The van der Waals surface area contributed by atoms with Gasteiger partial charge in [-0.2, -0.15) is 0 Å². The highest BCUT2D eigenvalue weighted by Crippen LogP contribution is 2.17. The number of carbonyl (C=O) groups is 2. The molecule has 1 rings (SSSR count). The van der Waals surface area contributed by atoms with Crippen LogP contribution in [-0.4, -0.2) is 25.5 Å². The van der Waals surface area contributed by atoms with Crippen LogP contribution in [0.5, 0.6) is 0 Å². The smallest absolute Gasteiger partial charge is 0.305 e. The van der Waals surface area contributed by atoms with Crippen molar-refractivity contribution >= 4 is 17.4 Å². The van der Waals surface area contributed by atoms with E-state index in [2.05, 4.69) is 10.1 Å². The van der Waals surface area contributed by atoms with Crippen LogP contribution in [0.25, 0.3) is 5.57 Å². The molecular formula is C18H25NO3. The van der Waals surface area contributed by atoms with Crippen molar-refractivity contribution < 1.29 is 14.3 Å². The summed E-state index contributed by atoms with van der Waals surface area (Å²) in [6.07, 6.45) is 2.99. The molecule has 0 heterocycles. The van der Waals surface area contributed by atoms with Gasteiger partial charge in [-0.15, -0.1) is 0 Å². The van der Waals surface area contributed by atoms with Crippen molar-refractivity contribution in [1.82, 2.24) is 5.32 Å². The summed E-state index contributed by atoms with van der Waals surface area (Å²) in [4.78, 5) is 23.1. The lowest BCUT2D eigenvalue weighted by atomic mass is 10.0. The van der Waals surface area contributed by atoms with E-state index in [1.165, 1.54) is 7.11 Å². The Hall–Kier alpha value is -2.10. The van der Waals surface area contributed by atoms with Gasteiger partial charge in [0.15, 0.2) is 0 Å². The van der Waals surface area contributed by atoms with Crippen LogP contribution in [0.15, 0.2) is 35.9 Å². The number of hydrogen-bond donors (Lipinski definition) is 1. The third kappa shape index (κ3) is 6.12. The molecular weight excluding hydrogens is 278 g/mol. The summed E-state index contributed by atoms with van der Waals surface area (Å²) in [7, 11) is 1.40. The quantitative estimate of drug-likeness (QED) is 0.455. The minimum atomic E-state index is -0.179. The van der Waals surface area contributed by atoms with Crippen LogP contribution in [0.2, 0.25) is 0 Å². The Morgan fingerprint density at radius 2 is 1.73 bits per heavy atom. The Bertz CT molecular complexity index is 520. The first-order valence-electron chi connectivity index (χ1n) is 7.64. The zero-order valence-corrected chi connectivity index (χ0v) is 13.6. The second-order valence-electron chi connectivity index (χ2n) is 5.26. The van der Waals surface area contributed by atoms with E-state index in [1.807, 2.05) is 44.2 Å². The molecule has 1 N–H and O–H groups in total. The summed E-state index contributed by atoms with van der Waals surface area (Å²) < 4.78 is 4.58. The topological polar surface area (TPSA) is 55.4 Å². The molecule has 1 amide bonds. The molecule has 0 aliphatic carbocycles. The van der Waals surface area contributed by atoms with Crippen LogP contribution in [0, 0.1) is 0 Å². The van der Waals surface area contributed by atoms with Gasteiger partial charge in [0.05, 0.1) is 7.11 Å². The highest BCUT2D eigenvalue weighted by molar-refractivity contribution is 6.00. The van der Waals surface area contributed by atoms with E-state index >= 15 is 0 Å². The van der Waals surface area contributed by atoms with E-state index in [4.69, 9.17) is 0 Å². The molecule has 1 aromatic carbocycles. The molecule has 1 aromatic rings. The molecule has 0 aliphatic rings. The maximum absolute atomic E-state index is 12.1. The summed E-state index contributed by atoms with van der Waals surface area (Å²) in [5.74, 6) is -0.212. The molecule has 120 valence electrons. The fourth-order valence-electron chi connectivity index (χ4n) is 2.08. The number of esters is 1. The third-order valence-electron chi connectivity index (χ3n) is 3.68. The van der Waals surface area contributed by atoms with Crippen LogP contribution in [-0.2, 0) is 14.3 Å². The first kappa shape index (κ1) is 18.0. The number of benzene rings is 1. The molecule has 0 aliphatic heterocycles. The Kier molecular flexibility index (Phi) is 7.97. The predicted octanol–water partition coefficient (Wildman–Crippen LogP) is 3.33. The molecule has 0 bridgehead atoms. The Morgan fingerprint density at radius 3 is 2.36 bits per heavy atom. The monoisotopic (exact) mass is 303 g/mol. The number of hydrogen-bond acceptors (Lipinski definition) is 3. The van der Waals surface area contributed by atoms with E-state index < -0.39 is 0 Å². The maximum atomic E-state index is 12.1. The van der Waals surface area contributed by atoms with Gasteiger partial charge in [0.1, 0.15) is 0 Å². The predicted molar refractivity (Wildman–Crippen MR) is 88.2 cm³/mol. The maximum Gasteiger partial charge on any atom is 0.305 e. The molecule has 0 fully saturated rings. The van der Waals surface area contributed by atoms with E-state index in [9.17, 15) is 9.59 Å². The second-order valence-corrected chi connectivity index (χ2v) is 5.26. The van der Waals surface area contributed by atoms with Crippen molar-refractivity contribution in [2.45, 2.75) is 39.5 Å². The number of amides is 1. The van der Waals surface area contributed by atoms with Gasteiger partial charge >= 0.3 is 5.97 Å². The highest BCUT2D eigenvalue weighted by atomic mass is 16.5. The van der Waals surface area contributed by atoms with Crippen molar-refractivity contribution in [3.8, 4) is 0 Å². The van der Waals surface area contributed by atoms with Crippen molar-refractivity contribution in [2.75, 3.05) is 13.7 Å². The van der Waals surface area contributed by atoms with Crippen LogP contribution in [0.3, 0.4) is 0 Å². The fourth-order valence-corrected chi connectivity index (χ4v) is 2.08. The number of methoxy groups -OCH3 is 1. The third-order valence-corrected chi connectivity index (χ3v) is 3.68. The van der Waals surface area contributed by atoms with Gasteiger partial charge in [0, 0.05) is 18.5 Å². The lowest BCUT2D eigenvalue weighted by Crippen LogP contribution is -2.25. The van der Waals surface area contributed by atoms with Gasteiger partial charge in [-0.1, -0.05) is 36.8 Å². The minimum absolute atomic E-state index is 0.0330. The second kappa shape index (κ2) is 9.77. The molecule has 0 aromatic heterocycles.